The van der Waals surface area contributed by atoms with Crippen molar-refractivity contribution in [1.82, 2.24) is 0 Å². The minimum atomic E-state index is -2.58. The van der Waals surface area contributed by atoms with E-state index in [4.69, 9.17) is 4.52 Å². The van der Waals surface area contributed by atoms with Crippen LogP contribution >= 0.6 is 6.05 Å². The van der Waals surface area contributed by atoms with Crippen molar-refractivity contribution in [2.45, 2.75) is 26.2 Å². The van der Waals surface area contributed by atoms with Crippen LogP contribution in [0.2, 0.25) is 0 Å². The molecule has 0 N–H and O–H groups in total. The van der Waals surface area contributed by atoms with Crippen LogP contribution in [0.15, 0.2) is 0 Å². The van der Waals surface area contributed by atoms with E-state index >= 15 is 0 Å². The molecule has 62 valence electrons. The van der Waals surface area contributed by atoms with Gasteiger partial charge >= 0.3 is 69.3 Å². The van der Waals surface area contributed by atoms with Gasteiger partial charge in [-0.1, -0.05) is 0 Å². The first-order valence-electron chi connectivity index (χ1n) is 3.48. The first kappa shape index (κ1) is 10.8. The summed E-state index contributed by atoms with van der Waals surface area (Å²) in [4.78, 5) is 0. The molecule has 0 spiro atoms. The van der Waals surface area contributed by atoms with E-state index in [1.54, 1.807) is 0 Å². The third kappa shape index (κ3) is 8.84. The van der Waals surface area contributed by atoms with Crippen molar-refractivity contribution in [2.24, 2.45) is 0 Å². The van der Waals surface area contributed by atoms with Crippen molar-refractivity contribution in [3.05, 3.63) is 0 Å². The van der Waals surface area contributed by atoms with E-state index in [1.807, 2.05) is 0 Å². The normalized spacial score (nSPS) is 16.7. The molecule has 0 aromatic carbocycles. The van der Waals surface area contributed by atoms with Gasteiger partial charge in [0.2, 0.25) is 0 Å². The molecule has 1 atom stereocenters. The van der Waals surface area contributed by atoms with Gasteiger partial charge in [0, 0.05) is 0 Å². The summed E-state index contributed by atoms with van der Waals surface area (Å²) >= 11 is 2.42. The Hall–Kier alpha value is 0.839. The zero-order valence-corrected chi connectivity index (χ0v) is 9.08. The van der Waals surface area contributed by atoms with E-state index < -0.39 is 6.05 Å². The summed E-state index contributed by atoms with van der Waals surface area (Å²) in [5.41, 5.74) is 0. The summed E-state index contributed by atoms with van der Waals surface area (Å²) in [6.07, 6.45) is 3.25. The van der Waals surface area contributed by atoms with Crippen LogP contribution in [0.5, 0.6) is 0 Å². The van der Waals surface area contributed by atoms with Gasteiger partial charge in [-0.3, -0.25) is 0 Å². The summed E-state index contributed by atoms with van der Waals surface area (Å²) in [7, 11) is 0. The third-order valence-electron chi connectivity index (χ3n) is 1.07. The molecule has 0 fully saturated rings. The van der Waals surface area contributed by atoms with Crippen molar-refractivity contribution in [1.29, 1.82) is 0 Å². The summed E-state index contributed by atoms with van der Waals surface area (Å²) in [6, 6.07) is -2.58. The van der Waals surface area contributed by atoms with E-state index in [2.05, 4.69) is 22.0 Å². The van der Waals surface area contributed by atoms with Gasteiger partial charge in [0.15, 0.2) is 0 Å². The van der Waals surface area contributed by atoms with Gasteiger partial charge in [-0.05, 0) is 0 Å². The third-order valence-corrected chi connectivity index (χ3v) is 2.38. The van der Waals surface area contributed by atoms with Crippen molar-refractivity contribution in [3.8, 4) is 0 Å². The number of unbranched alkanes of at least 4 members (excludes halogenated alkanes) is 2. The van der Waals surface area contributed by atoms with Gasteiger partial charge in [-0.15, -0.1) is 0 Å². The van der Waals surface area contributed by atoms with Crippen molar-refractivity contribution in [3.63, 3.8) is 0 Å². The van der Waals surface area contributed by atoms with Gasteiger partial charge in [0.25, 0.3) is 0 Å². The molecule has 1 unspecified atom stereocenters. The quantitative estimate of drug-likeness (QED) is 0.401. The van der Waals surface area contributed by atoms with Crippen LogP contribution < -0.4 is 0 Å². The molecular formula is C6H14FOPSe. The Balaban J connectivity index is 3.13. The number of hydrogen-bond donors (Lipinski definition) is 0. The maximum absolute atomic E-state index is 12.6. The molecule has 10 heavy (non-hydrogen) atoms. The van der Waals surface area contributed by atoms with Crippen LogP contribution in [-0.4, -0.2) is 28.4 Å². The SMILES string of the molecule is CCCCCOP(C)(F)=[Se]. The second kappa shape index (κ2) is 5.48. The van der Waals surface area contributed by atoms with E-state index in [9.17, 15) is 4.20 Å². The molecule has 0 rings (SSSR count). The second-order valence-corrected chi connectivity index (χ2v) is 8.14. The molecular weight excluding hydrogens is 217 g/mol. The maximum atomic E-state index is 12.6. The van der Waals surface area contributed by atoms with Gasteiger partial charge < -0.3 is 0 Å². The number of hydrogen-bond acceptors (Lipinski definition) is 1. The molecule has 0 aliphatic carbocycles. The first-order chi connectivity index (χ1) is 4.56. The van der Waals surface area contributed by atoms with Crippen LogP contribution in [0.3, 0.4) is 0 Å². The Kier molecular flexibility index (Phi) is 5.95. The summed E-state index contributed by atoms with van der Waals surface area (Å²) < 4.78 is 17.6. The van der Waals surface area contributed by atoms with E-state index in [1.165, 1.54) is 6.66 Å². The average molecular weight is 231 g/mol. The molecule has 0 radical (unpaired) electrons. The fourth-order valence-corrected chi connectivity index (χ4v) is 1.50. The molecule has 0 amide bonds. The molecule has 0 aliphatic heterocycles. The van der Waals surface area contributed by atoms with Crippen LogP contribution in [0.1, 0.15) is 26.2 Å². The fourth-order valence-electron chi connectivity index (χ4n) is 0.580. The molecule has 0 saturated heterocycles. The van der Waals surface area contributed by atoms with E-state index in [-0.39, 0.29) is 0 Å². The summed E-state index contributed by atoms with van der Waals surface area (Å²) in [5, 5.41) is 0. The standard InChI is InChI=1S/C6H14FOPSe/c1-3-4-5-6-8-9(2,7)10/h3-6H2,1-2H3. The molecule has 4 heteroatoms. The first-order valence-corrected chi connectivity index (χ1v) is 7.74. The van der Waals surface area contributed by atoms with Crippen molar-refractivity contribution in [2.75, 3.05) is 13.3 Å². The fraction of sp³-hybridized carbons (Fsp3) is 1.00. The van der Waals surface area contributed by atoms with Gasteiger partial charge in [-0.2, -0.15) is 0 Å². The average Bonchev–Trinajstić information content (AvgIpc) is 1.78. The molecule has 0 aromatic heterocycles. The van der Waals surface area contributed by atoms with Crippen molar-refractivity contribution < 1.29 is 8.72 Å². The molecule has 0 bridgehead atoms. The molecule has 0 aromatic rings. The minimum absolute atomic E-state index is 0.557. The van der Waals surface area contributed by atoms with Crippen LogP contribution in [0, 0.1) is 0 Å². The van der Waals surface area contributed by atoms with Gasteiger partial charge in [-0.25, -0.2) is 0 Å². The van der Waals surface area contributed by atoms with Gasteiger partial charge in [0.1, 0.15) is 0 Å². The summed E-state index contributed by atoms with van der Waals surface area (Å²) in [5.74, 6) is 0. The monoisotopic (exact) mass is 232 g/mol. The second-order valence-electron chi connectivity index (χ2n) is 2.29. The Morgan fingerprint density at radius 3 is 2.50 bits per heavy atom. The Morgan fingerprint density at radius 2 is 2.10 bits per heavy atom. The van der Waals surface area contributed by atoms with E-state index in [0.717, 1.165) is 19.3 Å². The molecule has 0 aliphatic rings. The van der Waals surface area contributed by atoms with Crippen molar-refractivity contribution >= 4 is 21.1 Å². The predicted molar refractivity (Wildman–Crippen MR) is 45.2 cm³/mol. The number of rotatable bonds is 5. The topological polar surface area (TPSA) is 9.23 Å². The zero-order valence-electron chi connectivity index (χ0n) is 6.47. The molecule has 0 saturated carbocycles. The predicted octanol–water partition coefficient (Wildman–Crippen LogP) is 2.72. The Labute approximate surface area is 69.8 Å². The van der Waals surface area contributed by atoms with Crippen LogP contribution in [0.25, 0.3) is 0 Å². The van der Waals surface area contributed by atoms with Crippen LogP contribution in [0.4, 0.5) is 4.20 Å². The summed E-state index contributed by atoms with van der Waals surface area (Å²) in [6.45, 7) is 4.16. The Bertz CT molecular complexity index is 123. The number of halogens is 1. The molecule has 0 heterocycles. The van der Waals surface area contributed by atoms with Crippen LogP contribution in [-0.2, 0) is 4.52 Å². The molecule has 1 nitrogen and oxygen atoms in total. The van der Waals surface area contributed by atoms with Gasteiger partial charge in [0.05, 0.1) is 0 Å². The Morgan fingerprint density at radius 1 is 1.50 bits per heavy atom. The van der Waals surface area contributed by atoms with E-state index in [0.29, 0.717) is 6.61 Å². The zero-order chi connectivity index (χ0) is 8.04.